The Morgan fingerprint density at radius 3 is 2.60 bits per heavy atom. The minimum atomic E-state index is -1.05. The zero-order chi connectivity index (χ0) is 21.5. The topological polar surface area (TPSA) is 78.4 Å². The number of carboxylic acid groups (broad SMARTS) is 1. The Balaban J connectivity index is 1.93. The van der Waals surface area contributed by atoms with E-state index in [-0.39, 0.29) is 11.9 Å². The molecule has 1 amide bonds. The lowest BCUT2D eigenvalue weighted by Gasteiger charge is -2.35. The highest BCUT2D eigenvalue weighted by Crippen LogP contribution is 2.55. The van der Waals surface area contributed by atoms with Crippen molar-refractivity contribution in [3.63, 3.8) is 0 Å². The number of nitrogens with one attached hydrogen (secondary N) is 2. The molecule has 2 aromatic carbocycles. The van der Waals surface area contributed by atoms with E-state index in [0.29, 0.717) is 22.2 Å². The molecule has 0 bridgehead atoms. The zero-order valence-corrected chi connectivity index (χ0v) is 18.1. The number of carbonyl (C=O) groups is 2. The third-order valence-electron chi connectivity index (χ3n) is 6.38. The lowest BCUT2D eigenvalue weighted by atomic mass is 9.64. The zero-order valence-electron chi connectivity index (χ0n) is 16.6. The minimum Gasteiger partial charge on any atom is -0.480 e. The summed E-state index contributed by atoms with van der Waals surface area (Å²) in [7, 11) is 0. The van der Waals surface area contributed by atoms with Crippen LogP contribution in [-0.2, 0) is 15.0 Å². The molecule has 5 nitrogen and oxygen atoms in total. The lowest BCUT2D eigenvalue weighted by molar-refractivity contribution is -0.139. The molecule has 2 aliphatic heterocycles. The molecule has 30 heavy (non-hydrogen) atoms. The molecule has 0 aromatic heterocycles. The second-order valence-electron chi connectivity index (χ2n) is 8.08. The number of fused-ring (bicyclic) bond motifs is 2. The maximum absolute atomic E-state index is 13.6. The SMILES string of the molecule is CCCCC[C@H]1N[C@@H](C(=O)O)[C@H](c2cccc(Cl)c2)[C@@]12C(=O)Nc1cc(Cl)ccc12. The van der Waals surface area contributed by atoms with E-state index in [2.05, 4.69) is 17.6 Å². The van der Waals surface area contributed by atoms with Gasteiger partial charge in [-0.15, -0.1) is 0 Å². The quantitative estimate of drug-likeness (QED) is 0.547. The first kappa shape index (κ1) is 21.2. The van der Waals surface area contributed by atoms with E-state index < -0.39 is 23.3 Å². The molecule has 0 saturated carbocycles. The van der Waals surface area contributed by atoms with Crippen LogP contribution in [0.3, 0.4) is 0 Å². The normalized spacial score (nSPS) is 27.3. The van der Waals surface area contributed by atoms with E-state index in [1.807, 2.05) is 12.1 Å². The molecule has 3 N–H and O–H groups in total. The summed E-state index contributed by atoms with van der Waals surface area (Å²) >= 11 is 12.4. The molecular weight excluding hydrogens is 423 g/mol. The number of hydrogen-bond acceptors (Lipinski definition) is 3. The van der Waals surface area contributed by atoms with Gasteiger partial charge in [0.15, 0.2) is 0 Å². The molecule has 1 spiro atoms. The average Bonchev–Trinajstić information content (AvgIpc) is 3.18. The third-order valence-corrected chi connectivity index (χ3v) is 6.85. The first-order chi connectivity index (χ1) is 14.4. The highest BCUT2D eigenvalue weighted by molar-refractivity contribution is 6.31. The van der Waals surface area contributed by atoms with Crippen LogP contribution >= 0.6 is 23.2 Å². The number of unbranched alkanes of at least 4 members (excludes halogenated alkanes) is 2. The maximum atomic E-state index is 13.6. The number of anilines is 1. The Hall–Kier alpha value is -2.08. The molecule has 0 unspecified atom stereocenters. The van der Waals surface area contributed by atoms with E-state index in [0.717, 1.165) is 30.4 Å². The number of benzene rings is 2. The molecule has 0 aliphatic carbocycles. The predicted molar refractivity (Wildman–Crippen MR) is 118 cm³/mol. The fraction of sp³-hybridized carbons (Fsp3) is 0.391. The molecule has 2 heterocycles. The number of halogens is 2. The molecule has 4 rings (SSSR count). The molecule has 1 fully saturated rings. The Bertz CT molecular complexity index is 996. The highest BCUT2D eigenvalue weighted by Gasteiger charge is 2.65. The smallest absolute Gasteiger partial charge is 0.321 e. The van der Waals surface area contributed by atoms with Gasteiger partial charge in [-0.3, -0.25) is 14.9 Å². The number of rotatable bonds is 6. The van der Waals surface area contributed by atoms with E-state index in [4.69, 9.17) is 23.2 Å². The molecular formula is C23H24Cl2N2O3. The second kappa shape index (κ2) is 8.22. The van der Waals surface area contributed by atoms with Crippen LogP contribution in [0, 0.1) is 0 Å². The first-order valence-electron chi connectivity index (χ1n) is 10.2. The van der Waals surface area contributed by atoms with Crippen molar-refractivity contribution in [3.05, 3.63) is 63.6 Å². The summed E-state index contributed by atoms with van der Waals surface area (Å²) in [4.78, 5) is 25.9. The third kappa shape index (κ3) is 3.29. The largest absolute Gasteiger partial charge is 0.480 e. The van der Waals surface area contributed by atoms with Crippen LogP contribution in [0.15, 0.2) is 42.5 Å². The van der Waals surface area contributed by atoms with Gasteiger partial charge in [0, 0.05) is 27.7 Å². The van der Waals surface area contributed by atoms with Gasteiger partial charge in [-0.05, 0) is 41.8 Å². The van der Waals surface area contributed by atoms with Gasteiger partial charge in [0.2, 0.25) is 5.91 Å². The number of hydrogen-bond donors (Lipinski definition) is 3. The Kier molecular flexibility index (Phi) is 5.80. The Morgan fingerprint density at radius 2 is 1.90 bits per heavy atom. The van der Waals surface area contributed by atoms with Crippen LogP contribution < -0.4 is 10.6 Å². The van der Waals surface area contributed by atoms with Gasteiger partial charge in [-0.2, -0.15) is 0 Å². The summed E-state index contributed by atoms with van der Waals surface area (Å²) in [6.45, 7) is 2.12. The van der Waals surface area contributed by atoms with Crippen molar-refractivity contribution in [1.82, 2.24) is 5.32 Å². The summed E-state index contributed by atoms with van der Waals surface area (Å²) in [5.74, 6) is -1.78. The van der Waals surface area contributed by atoms with Crippen molar-refractivity contribution in [2.24, 2.45) is 0 Å². The van der Waals surface area contributed by atoms with Crippen LogP contribution in [0.5, 0.6) is 0 Å². The number of carboxylic acids is 1. The second-order valence-corrected chi connectivity index (χ2v) is 8.95. The van der Waals surface area contributed by atoms with E-state index in [9.17, 15) is 14.7 Å². The summed E-state index contributed by atoms with van der Waals surface area (Å²) in [6, 6.07) is 11.3. The molecule has 4 atom stereocenters. The standard InChI is InChI=1S/C23H24Cl2N2O3/c1-2-3-4-8-18-23(16-10-9-15(25)12-17(16)26-22(23)30)19(20(27-18)21(28)29)13-6-5-7-14(24)11-13/h5-7,9-12,18-20,27H,2-4,8H2,1H3,(H,26,30)(H,28,29)/t18-,19+,20-,23+/m1/s1. The van der Waals surface area contributed by atoms with Crippen molar-refractivity contribution in [3.8, 4) is 0 Å². The first-order valence-corrected chi connectivity index (χ1v) is 11.0. The van der Waals surface area contributed by atoms with Crippen molar-refractivity contribution in [1.29, 1.82) is 0 Å². The van der Waals surface area contributed by atoms with Gasteiger partial charge in [0.25, 0.3) is 0 Å². The van der Waals surface area contributed by atoms with Crippen molar-refractivity contribution in [2.45, 2.75) is 56.0 Å². The fourth-order valence-corrected chi connectivity index (χ4v) is 5.56. The van der Waals surface area contributed by atoms with Gasteiger partial charge in [0.1, 0.15) is 11.5 Å². The Morgan fingerprint density at radius 1 is 1.13 bits per heavy atom. The summed E-state index contributed by atoms with van der Waals surface area (Å²) < 4.78 is 0. The fourth-order valence-electron chi connectivity index (χ4n) is 5.19. The van der Waals surface area contributed by atoms with Gasteiger partial charge >= 0.3 is 5.97 Å². The van der Waals surface area contributed by atoms with Crippen molar-refractivity contribution in [2.75, 3.05) is 5.32 Å². The van der Waals surface area contributed by atoms with Crippen molar-refractivity contribution >= 4 is 40.8 Å². The van der Waals surface area contributed by atoms with E-state index in [1.165, 1.54) is 0 Å². The van der Waals surface area contributed by atoms with Crippen LogP contribution in [0.2, 0.25) is 10.0 Å². The minimum absolute atomic E-state index is 0.192. The molecule has 158 valence electrons. The van der Waals surface area contributed by atoms with E-state index in [1.54, 1.807) is 30.3 Å². The van der Waals surface area contributed by atoms with Crippen LogP contribution in [0.25, 0.3) is 0 Å². The van der Waals surface area contributed by atoms with E-state index >= 15 is 0 Å². The summed E-state index contributed by atoms with van der Waals surface area (Å²) in [5, 5.41) is 17.4. The predicted octanol–water partition coefficient (Wildman–Crippen LogP) is 4.97. The van der Waals surface area contributed by atoms with Crippen LogP contribution in [0.4, 0.5) is 5.69 Å². The van der Waals surface area contributed by atoms with Gasteiger partial charge < -0.3 is 10.4 Å². The van der Waals surface area contributed by atoms with Crippen LogP contribution in [-0.4, -0.2) is 29.1 Å². The van der Waals surface area contributed by atoms with Gasteiger partial charge in [0.05, 0.1) is 0 Å². The molecule has 0 radical (unpaired) electrons. The van der Waals surface area contributed by atoms with Gasteiger partial charge in [-0.25, -0.2) is 0 Å². The monoisotopic (exact) mass is 446 g/mol. The lowest BCUT2D eigenvalue weighted by Crippen LogP contribution is -2.48. The number of carbonyl (C=O) groups excluding carboxylic acids is 1. The maximum Gasteiger partial charge on any atom is 0.321 e. The van der Waals surface area contributed by atoms with Gasteiger partial charge in [-0.1, -0.05) is 67.6 Å². The molecule has 7 heteroatoms. The molecule has 1 saturated heterocycles. The summed E-state index contributed by atoms with van der Waals surface area (Å²) in [6.07, 6.45) is 3.66. The molecule has 2 aromatic rings. The Labute approximate surface area is 185 Å². The molecule has 2 aliphatic rings. The average molecular weight is 447 g/mol. The number of aliphatic carboxylic acids is 1. The summed E-state index contributed by atoms with van der Waals surface area (Å²) in [5.41, 5.74) is 1.12. The van der Waals surface area contributed by atoms with Crippen molar-refractivity contribution < 1.29 is 14.7 Å². The number of amides is 1. The van der Waals surface area contributed by atoms with Crippen LogP contribution in [0.1, 0.15) is 49.7 Å². The highest BCUT2D eigenvalue weighted by atomic mass is 35.5.